The van der Waals surface area contributed by atoms with Gasteiger partial charge in [0.2, 0.25) is 0 Å². The van der Waals surface area contributed by atoms with E-state index in [0.717, 1.165) is 16.0 Å². The summed E-state index contributed by atoms with van der Waals surface area (Å²) in [4.78, 5) is 11.7. The van der Waals surface area contributed by atoms with Gasteiger partial charge in [-0.1, -0.05) is 6.92 Å². The number of rotatable bonds is 4. The number of nitrogens with two attached hydrogens (primary N) is 1. The summed E-state index contributed by atoms with van der Waals surface area (Å²) in [7, 11) is 1.39. The second-order valence-electron chi connectivity index (χ2n) is 4.26. The highest BCUT2D eigenvalue weighted by molar-refractivity contribution is 7.16. The first-order valence-electron chi connectivity index (χ1n) is 6.17. The molecule has 1 heterocycles. The molecule has 0 aliphatic heterocycles. The van der Waals surface area contributed by atoms with Gasteiger partial charge < -0.3 is 10.5 Å². The van der Waals surface area contributed by atoms with Crippen molar-refractivity contribution < 1.29 is 9.66 Å². The Balaban J connectivity index is 2.63. The molecule has 2 rings (SSSR count). The number of hydrogen-bond acceptors (Lipinski definition) is 6. The minimum atomic E-state index is -0.493. The molecular formula is C14H13N3O3S. The second-order valence-corrected chi connectivity index (χ2v) is 5.28. The number of anilines is 1. The van der Waals surface area contributed by atoms with Gasteiger partial charge in [-0.15, -0.1) is 11.3 Å². The van der Waals surface area contributed by atoms with Crippen LogP contribution in [0.15, 0.2) is 18.2 Å². The Morgan fingerprint density at radius 3 is 2.76 bits per heavy atom. The topological polar surface area (TPSA) is 102 Å². The van der Waals surface area contributed by atoms with Crippen LogP contribution in [-0.4, -0.2) is 12.0 Å². The van der Waals surface area contributed by atoms with Crippen molar-refractivity contribution in [2.75, 3.05) is 12.8 Å². The highest BCUT2D eigenvalue weighted by Crippen LogP contribution is 2.41. The highest BCUT2D eigenvalue weighted by Gasteiger charge is 2.20. The zero-order chi connectivity index (χ0) is 15.6. The molecule has 0 unspecified atom stereocenters. The third kappa shape index (κ3) is 2.53. The van der Waals surface area contributed by atoms with Crippen molar-refractivity contribution in [3.63, 3.8) is 0 Å². The molecule has 2 N–H and O–H groups in total. The summed E-state index contributed by atoms with van der Waals surface area (Å²) in [5, 5.41) is 20.0. The smallest absolute Gasteiger partial charge is 0.310 e. The predicted octanol–water partition coefficient (Wildman–Crippen LogP) is 3.35. The number of nitriles is 1. The van der Waals surface area contributed by atoms with Crippen molar-refractivity contribution >= 4 is 22.7 Å². The fraction of sp³-hybridized carbons (Fsp3) is 0.214. The van der Waals surface area contributed by atoms with Gasteiger partial charge >= 0.3 is 5.69 Å². The molecule has 6 nitrogen and oxygen atoms in total. The normalized spacial score (nSPS) is 10.1. The van der Waals surface area contributed by atoms with Crippen LogP contribution in [0.5, 0.6) is 5.75 Å². The summed E-state index contributed by atoms with van der Waals surface area (Å²) < 4.78 is 5.07. The van der Waals surface area contributed by atoms with Crippen molar-refractivity contribution in [2.45, 2.75) is 13.3 Å². The Kier molecular flexibility index (Phi) is 4.10. The first-order chi connectivity index (χ1) is 10.0. The minimum Gasteiger partial charge on any atom is -0.490 e. The first-order valence-corrected chi connectivity index (χ1v) is 6.99. The van der Waals surface area contributed by atoms with Gasteiger partial charge in [0.15, 0.2) is 5.75 Å². The lowest BCUT2D eigenvalue weighted by molar-refractivity contribution is -0.385. The molecule has 2 aromatic rings. The van der Waals surface area contributed by atoms with Gasteiger partial charge in [0.25, 0.3) is 0 Å². The minimum absolute atomic E-state index is 0.0932. The van der Waals surface area contributed by atoms with Crippen LogP contribution in [0.25, 0.3) is 10.4 Å². The van der Waals surface area contributed by atoms with Crippen LogP contribution in [0.2, 0.25) is 0 Å². The fourth-order valence-electron chi connectivity index (χ4n) is 2.11. The molecule has 7 heteroatoms. The summed E-state index contributed by atoms with van der Waals surface area (Å²) in [5.74, 6) is 0.185. The molecule has 0 saturated carbocycles. The summed E-state index contributed by atoms with van der Waals surface area (Å²) in [5.41, 5.74) is 7.99. The van der Waals surface area contributed by atoms with Gasteiger partial charge in [-0.25, -0.2) is 0 Å². The number of nitro groups is 1. The number of thiophene rings is 1. The maximum atomic E-state index is 10.9. The van der Waals surface area contributed by atoms with Crippen molar-refractivity contribution in [3.8, 4) is 22.3 Å². The average Bonchev–Trinajstić information content (AvgIpc) is 2.82. The maximum absolute atomic E-state index is 10.9. The van der Waals surface area contributed by atoms with Crippen LogP contribution in [0.4, 0.5) is 11.4 Å². The van der Waals surface area contributed by atoms with E-state index in [1.807, 2.05) is 6.92 Å². The number of hydrogen-bond donors (Lipinski definition) is 1. The Labute approximate surface area is 125 Å². The van der Waals surface area contributed by atoms with Crippen LogP contribution in [0.3, 0.4) is 0 Å². The SMILES string of the molecule is CCc1c(-c2ccc([N+](=O)[O-])c(OC)c2)sc(C#N)c1N. The first kappa shape index (κ1) is 14.8. The second kappa shape index (κ2) is 5.81. The number of methoxy groups -OCH3 is 1. The van der Waals surface area contributed by atoms with Crippen molar-refractivity contribution in [1.82, 2.24) is 0 Å². The van der Waals surface area contributed by atoms with Crippen molar-refractivity contribution in [3.05, 3.63) is 38.8 Å². The molecule has 0 saturated heterocycles. The standard InChI is InChI=1S/C14H13N3O3S/c1-3-9-13(16)12(7-15)21-14(9)8-4-5-10(17(18)19)11(6-8)20-2/h4-6H,3,16H2,1-2H3. The largest absolute Gasteiger partial charge is 0.490 e. The summed E-state index contributed by atoms with van der Waals surface area (Å²) in [6, 6.07) is 6.72. The van der Waals surface area contributed by atoms with Crippen LogP contribution in [0, 0.1) is 21.4 Å². The van der Waals surface area contributed by atoms with Gasteiger partial charge in [-0.3, -0.25) is 10.1 Å². The Hall–Kier alpha value is -2.59. The van der Waals surface area contributed by atoms with Crippen LogP contribution >= 0.6 is 11.3 Å². The molecule has 0 fully saturated rings. The lowest BCUT2D eigenvalue weighted by Crippen LogP contribution is -1.95. The lowest BCUT2D eigenvalue weighted by Gasteiger charge is -2.06. The number of ether oxygens (including phenoxy) is 1. The van der Waals surface area contributed by atoms with Crippen molar-refractivity contribution in [1.29, 1.82) is 5.26 Å². The number of nitrogen functional groups attached to an aromatic ring is 1. The molecule has 0 bridgehead atoms. The maximum Gasteiger partial charge on any atom is 0.310 e. The predicted molar refractivity (Wildman–Crippen MR) is 81.5 cm³/mol. The van der Waals surface area contributed by atoms with Crippen LogP contribution in [-0.2, 0) is 6.42 Å². The van der Waals surface area contributed by atoms with Crippen LogP contribution < -0.4 is 10.5 Å². The van der Waals surface area contributed by atoms with E-state index in [9.17, 15) is 10.1 Å². The molecule has 21 heavy (non-hydrogen) atoms. The molecule has 0 atom stereocenters. The lowest BCUT2D eigenvalue weighted by atomic mass is 10.1. The molecular weight excluding hydrogens is 290 g/mol. The molecule has 0 amide bonds. The Morgan fingerprint density at radius 1 is 1.52 bits per heavy atom. The third-order valence-corrected chi connectivity index (χ3v) is 4.34. The van der Waals surface area contributed by atoms with E-state index in [1.54, 1.807) is 12.1 Å². The van der Waals surface area contributed by atoms with E-state index in [2.05, 4.69) is 6.07 Å². The van der Waals surface area contributed by atoms with E-state index in [-0.39, 0.29) is 11.4 Å². The molecule has 0 radical (unpaired) electrons. The third-order valence-electron chi connectivity index (χ3n) is 3.14. The van der Waals surface area contributed by atoms with E-state index in [4.69, 9.17) is 15.7 Å². The van der Waals surface area contributed by atoms with Gasteiger partial charge in [-0.2, -0.15) is 5.26 Å². The summed E-state index contributed by atoms with van der Waals surface area (Å²) in [6.07, 6.45) is 0.679. The number of benzene rings is 1. The molecule has 1 aromatic heterocycles. The van der Waals surface area contributed by atoms with Gasteiger partial charge in [-0.05, 0) is 29.7 Å². The van der Waals surface area contributed by atoms with E-state index >= 15 is 0 Å². The van der Waals surface area contributed by atoms with Gasteiger partial charge in [0.1, 0.15) is 10.9 Å². The van der Waals surface area contributed by atoms with E-state index in [0.29, 0.717) is 17.0 Å². The molecule has 0 spiro atoms. The fourth-order valence-corrected chi connectivity index (χ4v) is 3.22. The Bertz CT molecular complexity index is 747. The Morgan fingerprint density at radius 2 is 2.24 bits per heavy atom. The van der Waals surface area contributed by atoms with Crippen molar-refractivity contribution in [2.24, 2.45) is 0 Å². The zero-order valence-electron chi connectivity index (χ0n) is 11.5. The highest BCUT2D eigenvalue weighted by atomic mass is 32.1. The molecule has 0 aliphatic carbocycles. The monoisotopic (exact) mass is 303 g/mol. The van der Waals surface area contributed by atoms with E-state index < -0.39 is 4.92 Å². The van der Waals surface area contributed by atoms with Gasteiger partial charge in [0, 0.05) is 10.9 Å². The average molecular weight is 303 g/mol. The van der Waals surface area contributed by atoms with Gasteiger partial charge in [0.05, 0.1) is 17.7 Å². The quantitative estimate of drug-likeness (QED) is 0.689. The molecule has 1 aromatic carbocycles. The number of nitro benzene ring substituents is 1. The number of nitrogens with zero attached hydrogens (tertiary/aromatic N) is 2. The molecule has 0 aliphatic rings. The van der Waals surface area contributed by atoms with Crippen LogP contribution in [0.1, 0.15) is 17.4 Å². The van der Waals surface area contributed by atoms with E-state index in [1.165, 1.54) is 24.5 Å². The zero-order valence-corrected chi connectivity index (χ0v) is 12.4. The summed E-state index contributed by atoms with van der Waals surface area (Å²) in [6.45, 7) is 1.95. The molecule has 108 valence electrons. The summed E-state index contributed by atoms with van der Waals surface area (Å²) >= 11 is 1.29.